The summed E-state index contributed by atoms with van der Waals surface area (Å²) in [6.07, 6.45) is 1.04. The molecule has 19 heavy (non-hydrogen) atoms. The van der Waals surface area contributed by atoms with E-state index in [0.29, 0.717) is 18.4 Å². The van der Waals surface area contributed by atoms with E-state index in [1.165, 1.54) is 0 Å². The van der Waals surface area contributed by atoms with Gasteiger partial charge >= 0.3 is 0 Å². The number of benzene rings is 1. The maximum absolute atomic E-state index is 12.6. The summed E-state index contributed by atoms with van der Waals surface area (Å²) in [5.41, 5.74) is 7.60. The van der Waals surface area contributed by atoms with E-state index in [9.17, 15) is 4.79 Å². The Morgan fingerprint density at radius 3 is 2.95 bits per heavy atom. The van der Waals surface area contributed by atoms with Crippen LogP contribution in [0.4, 0.5) is 0 Å². The summed E-state index contributed by atoms with van der Waals surface area (Å²) >= 11 is 3.48. The minimum Gasteiger partial charge on any atom is -0.338 e. The zero-order chi connectivity index (χ0) is 14.0. The molecule has 0 bridgehead atoms. The van der Waals surface area contributed by atoms with Crippen LogP contribution >= 0.6 is 15.9 Å². The van der Waals surface area contributed by atoms with Crippen LogP contribution in [-0.2, 0) is 0 Å². The van der Waals surface area contributed by atoms with Crippen molar-refractivity contribution in [2.24, 2.45) is 17.6 Å². The monoisotopic (exact) mass is 324 g/mol. The van der Waals surface area contributed by atoms with Gasteiger partial charge < -0.3 is 10.6 Å². The second-order valence-corrected chi connectivity index (χ2v) is 6.28. The van der Waals surface area contributed by atoms with Crippen molar-refractivity contribution in [1.29, 1.82) is 0 Å². The molecule has 2 unspecified atom stereocenters. The van der Waals surface area contributed by atoms with Crippen molar-refractivity contribution in [2.75, 3.05) is 19.6 Å². The van der Waals surface area contributed by atoms with E-state index in [-0.39, 0.29) is 5.91 Å². The summed E-state index contributed by atoms with van der Waals surface area (Å²) in [4.78, 5) is 14.6. The van der Waals surface area contributed by atoms with Gasteiger partial charge in [-0.2, -0.15) is 0 Å². The van der Waals surface area contributed by atoms with E-state index in [4.69, 9.17) is 5.73 Å². The predicted molar refractivity (Wildman–Crippen MR) is 81.1 cm³/mol. The lowest BCUT2D eigenvalue weighted by Gasteiger charge is -2.36. The van der Waals surface area contributed by atoms with Gasteiger partial charge in [-0.3, -0.25) is 4.79 Å². The number of hydrogen-bond donors (Lipinski definition) is 1. The van der Waals surface area contributed by atoms with Gasteiger partial charge in [0.15, 0.2) is 0 Å². The van der Waals surface area contributed by atoms with Gasteiger partial charge in [0.25, 0.3) is 5.91 Å². The fourth-order valence-corrected chi connectivity index (χ4v) is 3.02. The smallest absolute Gasteiger partial charge is 0.254 e. The van der Waals surface area contributed by atoms with Crippen LogP contribution in [0.3, 0.4) is 0 Å². The van der Waals surface area contributed by atoms with Gasteiger partial charge in [0, 0.05) is 23.1 Å². The molecule has 0 aromatic heterocycles. The zero-order valence-corrected chi connectivity index (χ0v) is 13.1. The first-order valence-electron chi connectivity index (χ1n) is 6.79. The second-order valence-electron chi connectivity index (χ2n) is 5.43. The largest absolute Gasteiger partial charge is 0.338 e. The number of nitrogens with two attached hydrogens (primary N) is 1. The van der Waals surface area contributed by atoms with Gasteiger partial charge in [-0.1, -0.05) is 28.9 Å². The van der Waals surface area contributed by atoms with E-state index < -0.39 is 0 Å². The SMILES string of the molecule is Cc1c(Br)cccc1C(=O)N1CCC(C)C(CN)C1. The molecule has 1 amide bonds. The third-order valence-corrected chi connectivity index (χ3v) is 5.06. The molecule has 1 aromatic carbocycles. The van der Waals surface area contributed by atoms with Crippen molar-refractivity contribution >= 4 is 21.8 Å². The molecule has 2 rings (SSSR count). The number of hydrogen-bond acceptors (Lipinski definition) is 2. The first-order valence-corrected chi connectivity index (χ1v) is 7.58. The molecule has 1 fully saturated rings. The summed E-state index contributed by atoms with van der Waals surface area (Å²) in [5.74, 6) is 1.16. The van der Waals surface area contributed by atoms with Crippen LogP contribution in [0, 0.1) is 18.8 Å². The Morgan fingerprint density at radius 2 is 2.26 bits per heavy atom. The molecule has 0 saturated carbocycles. The summed E-state index contributed by atoms with van der Waals surface area (Å²) in [7, 11) is 0. The van der Waals surface area contributed by atoms with Crippen molar-refractivity contribution in [3.63, 3.8) is 0 Å². The fourth-order valence-electron chi connectivity index (χ4n) is 2.65. The third-order valence-electron chi connectivity index (χ3n) is 4.20. The third kappa shape index (κ3) is 3.00. The lowest BCUT2D eigenvalue weighted by atomic mass is 9.87. The highest BCUT2D eigenvalue weighted by Crippen LogP contribution is 2.26. The Morgan fingerprint density at radius 1 is 1.53 bits per heavy atom. The van der Waals surface area contributed by atoms with Crippen molar-refractivity contribution < 1.29 is 4.79 Å². The molecule has 0 spiro atoms. The Labute approximate surface area is 123 Å². The van der Waals surface area contributed by atoms with Gasteiger partial charge in [-0.05, 0) is 49.4 Å². The first kappa shape index (κ1) is 14.5. The van der Waals surface area contributed by atoms with Crippen LogP contribution < -0.4 is 5.73 Å². The van der Waals surface area contributed by atoms with Gasteiger partial charge in [0.1, 0.15) is 0 Å². The van der Waals surface area contributed by atoms with E-state index >= 15 is 0 Å². The Balaban J connectivity index is 2.18. The van der Waals surface area contributed by atoms with E-state index in [2.05, 4.69) is 22.9 Å². The molecule has 2 N–H and O–H groups in total. The molecule has 0 aliphatic carbocycles. The number of carbonyl (C=O) groups is 1. The molecular formula is C15H21BrN2O. The topological polar surface area (TPSA) is 46.3 Å². The molecular weight excluding hydrogens is 304 g/mol. The van der Waals surface area contributed by atoms with Crippen molar-refractivity contribution in [2.45, 2.75) is 20.3 Å². The lowest BCUT2D eigenvalue weighted by molar-refractivity contribution is 0.0617. The minimum absolute atomic E-state index is 0.129. The molecule has 4 heteroatoms. The van der Waals surface area contributed by atoms with E-state index in [1.807, 2.05) is 30.0 Å². The highest BCUT2D eigenvalue weighted by molar-refractivity contribution is 9.10. The number of piperidine rings is 1. The molecule has 1 saturated heterocycles. The number of amides is 1. The van der Waals surface area contributed by atoms with Crippen molar-refractivity contribution in [3.05, 3.63) is 33.8 Å². The Kier molecular flexibility index (Phi) is 4.63. The van der Waals surface area contributed by atoms with Gasteiger partial charge in [-0.25, -0.2) is 0 Å². The normalized spacial score (nSPS) is 23.5. The number of likely N-dealkylation sites (tertiary alicyclic amines) is 1. The predicted octanol–water partition coefficient (Wildman–Crippen LogP) is 2.81. The standard InChI is InChI=1S/C15H21BrN2O/c1-10-6-7-18(9-12(10)8-17)15(19)13-4-3-5-14(16)11(13)2/h3-5,10,12H,6-9,17H2,1-2H3. The van der Waals surface area contributed by atoms with Crippen LogP contribution in [-0.4, -0.2) is 30.4 Å². The molecule has 1 aromatic rings. The molecule has 0 radical (unpaired) electrons. The van der Waals surface area contributed by atoms with Crippen molar-refractivity contribution in [3.8, 4) is 0 Å². The van der Waals surface area contributed by atoms with Crippen LogP contribution in [0.2, 0.25) is 0 Å². The van der Waals surface area contributed by atoms with Crippen LogP contribution in [0.5, 0.6) is 0 Å². The van der Waals surface area contributed by atoms with Crippen LogP contribution in [0.25, 0.3) is 0 Å². The molecule has 3 nitrogen and oxygen atoms in total. The summed E-state index contributed by atoms with van der Waals surface area (Å²) in [5, 5.41) is 0. The number of rotatable bonds is 2. The fraction of sp³-hybridized carbons (Fsp3) is 0.533. The maximum Gasteiger partial charge on any atom is 0.254 e. The van der Waals surface area contributed by atoms with Gasteiger partial charge in [0.2, 0.25) is 0 Å². The Hall–Kier alpha value is -0.870. The van der Waals surface area contributed by atoms with Crippen LogP contribution in [0.1, 0.15) is 29.3 Å². The van der Waals surface area contributed by atoms with E-state index in [1.54, 1.807) is 0 Å². The molecule has 1 heterocycles. The second kappa shape index (κ2) is 6.06. The highest BCUT2D eigenvalue weighted by Gasteiger charge is 2.29. The summed E-state index contributed by atoms with van der Waals surface area (Å²) < 4.78 is 0.985. The summed E-state index contributed by atoms with van der Waals surface area (Å²) in [6.45, 7) is 6.47. The minimum atomic E-state index is 0.129. The van der Waals surface area contributed by atoms with E-state index in [0.717, 1.165) is 35.1 Å². The molecule has 1 aliphatic rings. The molecule has 104 valence electrons. The highest BCUT2D eigenvalue weighted by atomic mass is 79.9. The maximum atomic E-state index is 12.6. The average Bonchev–Trinajstić information content (AvgIpc) is 2.41. The van der Waals surface area contributed by atoms with Gasteiger partial charge in [0.05, 0.1) is 0 Å². The molecule has 2 atom stereocenters. The summed E-state index contributed by atoms with van der Waals surface area (Å²) in [6, 6.07) is 5.78. The number of carbonyl (C=O) groups excluding carboxylic acids is 1. The lowest BCUT2D eigenvalue weighted by Crippen LogP contribution is -2.45. The van der Waals surface area contributed by atoms with Crippen LogP contribution in [0.15, 0.2) is 22.7 Å². The number of nitrogens with zero attached hydrogens (tertiary/aromatic N) is 1. The average molecular weight is 325 g/mol. The Bertz CT molecular complexity index is 475. The van der Waals surface area contributed by atoms with Gasteiger partial charge in [-0.15, -0.1) is 0 Å². The zero-order valence-electron chi connectivity index (χ0n) is 11.5. The number of halogens is 1. The molecule has 1 aliphatic heterocycles. The first-order chi connectivity index (χ1) is 9.04. The van der Waals surface area contributed by atoms with Crippen molar-refractivity contribution in [1.82, 2.24) is 4.90 Å². The quantitative estimate of drug-likeness (QED) is 0.909.